The number of aromatic hydroxyl groups is 1. The minimum atomic E-state index is -0.363. The molecule has 3 rings (SSSR count). The smallest absolute Gasteiger partial charge is 0.155 e. The summed E-state index contributed by atoms with van der Waals surface area (Å²) in [6.07, 6.45) is 0. The number of benzene rings is 3. The van der Waals surface area contributed by atoms with Crippen LogP contribution in [0.2, 0.25) is 45.2 Å². The second-order valence-corrected chi connectivity index (χ2v) is 8.12. The van der Waals surface area contributed by atoms with Crippen LogP contribution >= 0.6 is 104 Å². The largest absolute Gasteiger partial charge is 0.505 e. The maximum absolute atomic E-state index is 9.20. The number of halogens is 9. The lowest BCUT2D eigenvalue weighted by molar-refractivity contribution is 0.476. The minimum absolute atomic E-state index is 0.00904. The summed E-state index contributed by atoms with van der Waals surface area (Å²) in [5, 5.41) is 12.1. The molecular weight excluding hydrogens is 527 g/mol. The fourth-order valence-electron chi connectivity index (χ4n) is 1.89. The van der Waals surface area contributed by atoms with Crippen LogP contribution in [0.4, 0.5) is 0 Å². The Kier molecular flexibility index (Phi) is 8.02. The van der Waals surface area contributed by atoms with E-state index in [9.17, 15) is 5.11 Å². The molecular formula is C16H5Cl9O. The zero-order valence-electron chi connectivity index (χ0n) is 12.2. The van der Waals surface area contributed by atoms with Crippen LogP contribution in [0.1, 0.15) is 0 Å². The Bertz CT molecular complexity index is 850. The normalized spacial score (nSPS) is 10.7. The Balaban J connectivity index is 0.000000190. The first kappa shape index (κ1) is 22.6. The lowest BCUT2D eigenvalue weighted by atomic mass is 10.1. The predicted octanol–water partition coefficient (Wildman–Crippen LogP) is 10.1. The average Bonchev–Trinajstić information content (AvgIpc) is 2.66. The Morgan fingerprint density at radius 2 is 0.692 bits per heavy atom. The fraction of sp³-hybridized carbons (Fsp3) is 0. The molecule has 0 radical (unpaired) electrons. The van der Waals surface area contributed by atoms with Crippen molar-refractivity contribution < 1.29 is 5.11 Å². The summed E-state index contributed by atoms with van der Waals surface area (Å²) in [5.41, 5.74) is 0. The van der Waals surface area contributed by atoms with E-state index in [1.165, 1.54) is 0 Å². The molecule has 0 saturated heterocycles. The van der Waals surface area contributed by atoms with Crippen molar-refractivity contribution in [2.75, 3.05) is 0 Å². The molecule has 0 amide bonds. The van der Waals surface area contributed by atoms with E-state index < -0.39 is 0 Å². The van der Waals surface area contributed by atoms with Gasteiger partial charge < -0.3 is 5.11 Å². The SMILES string of the molecule is Clc1c(Cl)c(Cl)c2ccccc2c1Cl.Oc1c(Cl)c(Cl)c(Cl)c(Cl)c1Cl. The van der Waals surface area contributed by atoms with E-state index in [2.05, 4.69) is 0 Å². The van der Waals surface area contributed by atoms with Gasteiger partial charge in [0.1, 0.15) is 10.0 Å². The third kappa shape index (κ3) is 4.33. The predicted molar refractivity (Wildman–Crippen MR) is 117 cm³/mol. The number of phenolic OH excluding ortho intramolecular Hbond substituents is 1. The maximum Gasteiger partial charge on any atom is 0.155 e. The summed E-state index contributed by atoms with van der Waals surface area (Å²) in [6.45, 7) is 0. The molecule has 0 aliphatic carbocycles. The van der Waals surface area contributed by atoms with Crippen molar-refractivity contribution in [3.05, 3.63) is 69.5 Å². The maximum atomic E-state index is 9.20. The van der Waals surface area contributed by atoms with Crippen LogP contribution < -0.4 is 0 Å². The van der Waals surface area contributed by atoms with Crippen molar-refractivity contribution in [3.63, 3.8) is 0 Å². The van der Waals surface area contributed by atoms with Gasteiger partial charge in [-0.25, -0.2) is 0 Å². The summed E-state index contributed by atoms with van der Waals surface area (Å²) in [5.74, 6) is -0.363. The van der Waals surface area contributed by atoms with E-state index >= 15 is 0 Å². The zero-order valence-corrected chi connectivity index (χ0v) is 19.0. The highest BCUT2D eigenvalue weighted by molar-refractivity contribution is 6.56. The molecule has 0 heterocycles. The highest BCUT2D eigenvalue weighted by Crippen LogP contribution is 2.47. The first-order chi connectivity index (χ1) is 12.1. The molecule has 1 N–H and O–H groups in total. The molecule has 0 unspecified atom stereocenters. The summed E-state index contributed by atoms with van der Waals surface area (Å²) in [7, 11) is 0. The number of hydrogen-bond acceptors (Lipinski definition) is 1. The third-order valence-electron chi connectivity index (χ3n) is 3.16. The van der Waals surface area contributed by atoms with E-state index in [1.54, 1.807) is 0 Å². The van der Waals surface area contributed by atoms with E-state index in [4.69, 9.17) is 104 Å². The van der Waals surface area contributed by atoms with Crippen LogP contribution in [0.3, 0.4) is 0 Å². The third-order valence-corrected chi connectivity index (χ3v) is 7.25. The Labute approximate surface area is 194 Å². The van der Waals surface area contributed by atoms with Crippen molar-refractivity contribution in [1.82, 2.24) is 0 Å². The average molecular weight is 532 g/mol. The topological polar surface area (TPSA) is 20.2 Å². The quantitative estimate of drug-likeness (QED) is 0.226. The van der Waals surface area contributed by atoms with E-state index in [0.717, 1.165) is 10.8 Å². The summed E-state index contributed by atoms with van der Waals surface area (Å²) in [6, 6.07) is 7.45. The molecule has 0 aromatic heterocycles. The summed E-state index contributed by atoms with van der Waals surface area (Å²) >= 11 is 51.8. The highest BCUT2D eigenvalue weighted by Gasteiger charge is 2.18. The van der Waals surface area contributed by atoms with Crippen molar-refractivity contribution in [2.24, 2.45) is 0 Å². The van der Waals surface area contributed by atoms with Gasteiger partial charge in [-0.3, -0.25) is 0 Å². The molecule has 10 heteroatoms. The van der Waals surface area contributed by atoms with Crippen LogP contribution in [-0.2, 0) is 0 Å². The van der Waals surface area contributed by atoms with Gasteiger partial charge in [0.25, 0.3) is 0 Å². The van der Waals surface area contributed by atoms with Gasteiger partial charge >= 0.3 is 0 Å². The van der Waals surface area contributed by atoms with E-state index in [1.807, 2.05) is 24.3 Å². The minimum Gasteiger partial charge on any atom is -0.505 e. The van der Waals surface area contributed by atoms with Gasteiger partial charge in [0, 0.05) is 10.8 Å². The molecule has 0 bridgehead atoms. The number of hydrogen-bond donors (Lipinski definition) is 1. The van der Waals surface area contributed by atoms with Gasteiger partial charge in [-0.1, -0.05) is 129 Å². The highest BCUT2D eigenvalue weighted by atomic mass is 35.5. The molecule has 0 atom stereocenters. The standard InChI is InChI=1S/C10H4Cl4.C6HCl5O/c11-7-5-3-1-2-4-6(5)8(12)10(14)9(7)13;7-1-2(8)4(10)6(12)5(11)3(1)9/h1-4H;12H. The first-order valence-electron chi connectivity index (χ1n) is 6.50. The molecule has 3 aromatic carbocycles. The van der Waals surface area contributed by atoms with Crippen molar-refractivity contribution in [2.45, 2.75) is 0 Å². The van der Waals surface area contributed by atoms with E-state index in [-0.39, 0.29) is 30.9 Å². The number of rotatable bonds is 0. The van der Waals surface area contributed by atoms with Gasteiger partial charge in [0.15, 0.2) is 5.75 Å². The van der Waals surface area contributed by atoms with Crippen molar-refractivity contribution >= 4 is 115 Å². The van der Waals surface area contributed by atoms with Crippen molar-refractivity contribution in [3.8, 4) is 5.75 Å². The molecule has 0 spiro atoms. The van der Waals surface area contributed by atoms with Crippen LogP contribution in [-0.4, -0.2) is 5.11 Å². The lowest BCUT2D eigenvalue weighted by Gasteiger charge is -2.07. The van der Waals surface area contributed by atoms with Crippen LogP contribution in [0, 0.1) is 0 Å². The van der Waals surface area contributed by atoms with Crippen LogP contribution in [0.15, 0.2) is 24.3 Å². The summed E-state index contributed by atoms with van der Waals surface area (Å²) in [4.78, 5) is 0. The Morgan fingerprint density at radius 3 is 1.04 bits per heavy atom. The number of fused-ring (bicyclic) bond motifs is 1. The molecule has 0 aliphatic rings. The number of phenols is 1. The molecule has 0 fully saturated rings. The van der Waals surface area contributed by atoms with E-state index in [0.29, 0.717) is 20.1 Å². The van der Waals surface area contributed by atoms with Crippen LogP contribution in [0.5, 0.6) is 5.75 Å². The zero-order chi connectivity index (χ0) is 19.8. The summed E-state index contributed by atoms with van der Waals surface area (Å²) < 4.78 is 0. The first-order valence-corrected chi connectivity index (χ1v) is 9.90. The van der Waals surface area contributed by atoms with Gasteiger partial charge in [0.2, 0.25) is 0 Å². The van der Waals surface area contributed by atoms with Crippen molar-refractivity contribution in [1.29, 1.82) is 0 Å². The fourth-order valence-corrected chi connectivity index (χ4v) is 4.02. The Morgan fingerprint density at radius 1 is 0.423 bits per heavy atom. The lowest BCUT2D eigenvalue weighted by Crippen LogP contribution is -1.80. The molecule has 138 valence electrons. The van der Waals surface area contributed by atoms with Gasteiger partial charge in [-0.15, -0.1) is 0 Å². The molecule has 0 aliphatic heterocycles. The second-order valence-electron chi connectivity index (χ2n) is 4.72. The van der Waals surface area contributed by atoms with Gasteiger partial charge in [-0.05, 0) is 0 Å². The monoisotopic (exact) mass is 528 g/mol. The van der Waals surface area contributed by atoms with Crippen LogP contribution in [0.25, 0.3) is 10.8 Å². The molecule has 26 heavy (non-hydrogen) atoms. The second kappa shape index (κ2) is 9.22. The molecule has 1 nitrogen and oxygen atoms in total. The Hall–Kier alpha value is 0.330. The molecule has 0 saturated carbocycles. The molecule has 3 aromatic rings. The van der Waals surface area contributed by atoms with Gasteiger partial charge in [0.05, 0.1) is 35.2 Å². The van der Waals surface area contributed by atoms with Gasteiger partial charge in [-0.2, -0.15) is 0 Å².